The summed E-state index contributed by atoms with van der Waals surface area (Å²) in [4.78, 5) is 0. The third-order valence-corrected chi connectivity index (χ3v) is 4.49. The lowest BCUT2D eigenvalue weighted by molar-refractivity contribution is 0.470. The summed E-state index contributed by atoms with van der Waals surface area (Å²) in [6, 6.07) is 14.8. The van der Waals surface area contributed by atoms with Gasteiger partial charge in [-0.15, -0.1) is 0 Å². The first-order valence-corrected chi connectivity index (χ1v) is 8.56. The monoisotopic (exact) mass is 350 g/mol. The van der Waals surface area contributed by atoms with E-state index in [9.17, 15) is 10.2 Å². The molecule has 0 aliphatic rings. The summed E-state index contributed by atoms with van der Waals surface area (Å²) in [5.41, 5.74) is 6.92. The van der Waals surface area contributed by atoms with Crippen LogP contribution in [0.5, 0.6) is 17.2 Å². The number of aromatic hydroxyl groups is 3. The summed E-state index contributed by atoms with van der Waals surface area (Å²) >= 11 is 0. The number of rotatable bonds is 1. The third-order valence-electron chi connectivity index (χ3n) is 4.49. The van der Waals surface area contributed by atoms with E-state index >= 15 is 0 Å². The molecule has 0 aromatic heterocycles. The summed E-state index contributed by atoms with van der Waals surface area (Å²) in [6.07, 6.45) is 0. The lowest BCUT2D eigenvalue weighted by Crippen LogP contribution is -1.90. The third kappa shape index (κ3) is 4.37. The maximum Gasteiger partial charge on any atom is 0.118 e. The van der Waals surface area contributed by atoms with Crippen LogP contribution in [-0.2, 0) is 0 Å². The van der Waals surface area contributed by atoms with E-state index in [1.807, 2.05) is 65.0 Å². The zero-order chi connectivity index (χ0) is 19.4. The van der Waals surface area contributed by atoms with Crippen LogP contribution >= 0.6 is 0 Å². The highest BCUT2D eigenvalue weighted by molar-refractivity contribution is 5.73. The number of benzene rings is 3. The summed E-state index contributed by atoms with van der Waals surface area (Å²) in [6.45, 7) is 9.61. The number of phenolic OH excluding ortho intramolecular Hbond substituents is 3. The van der Waals surface area contributed by atoms with E-state index in [0.717, 1.165) is 38.9 Å². The summed E-state index contributed by atoms with van der Waals surface area (Å²) < 4.78 is 0. The number of aryl methyl sites for hydroxylation is 5. The molecule has 3 heteroatoms. The molecule has 0 radical (unpaired) electrons. The quantitative estimate of drug-likeness (QED) is 0.527. The van der Waals surface area contributed by atoms with Crippen LogP contribution in [0.1, 0.15) is 27.8 Å². The van der Waals surface area contributed by atoms with Crippen LogP contribution in [0.3, 0.4) is 0 Å². The minimum absolute atomic E-state index is 0.324. The standard InChI is InChI=1S/C16H18O2.C7H8O/c1-9-7-15(17)11(3)5-13(9)14-6-12(4)16(18)8-10(14)2;1-6-4-2-3-5-7(6)8/h5-8,17-18H,1-4H3;2-5,8H,1H3. The Morgan fingerprint density at radius 2 is 0.885 bits per heavy atom. The fourth-order valence-corrected chi connectivity index (χ4v) is 2.75. The second-order valence-electron chi connectivity index (χ2n) is 6.69. The molecule has 0 aliphatic carbocycles. The van der Waals surface area contributed by atoms with Gasteiger partial charge in [-0.3, -0.25) is 0 Å². The van der Waals surface area contributed by atoms with Crippen molar-refractivity contribution in [3.05, 3.63) is 76.3 Å². The molecule has 3 N–H and O–H groups in total. The van der Waals surface area contributed by atoms with Crippen molar-refractivity contribution in [2.75, 3.05) is 0 Å². The predicted molar refractivity (Wildman–Crippen MR) is 107 cm³/mol. The molecule has 136 valence electrons. The van der Waals surface area contributed by atoms with Crippen LogP contribution in [0.25, 0.3) is 11.1 Å². The second kappa shape index (κ2) is 7.96. The van der Waals surface area contributed by atoms with Crippen molar-refractivity contribution < 1.29 is 15.3 Å². The summed E-state index contributed by atoms with van der Waals surface area (Å²) in [7, 11) is 0. The molecule has 3 aromatic carbocycles. The largest absolute Gasteiger partial charge is 0.508 e. The van der Waals surface area contributed by atoms with Crippen LogP contribution in [0.2, 0.25) is 0 Å². The lowest BCUT2D eigenvalue weighted by Gasteiger charge is -2.13. The van der Waals surface area contributed by atoms with Crippen molar-refractivity contribution in [2.24, 2.45) is 0 Å². The predicted octanol–water partition coefficient (Wildman–Crippen LogP) is 5.70. The molecule has 0 bridgehead atoms. The Bertz CT molecular complexity index is 850. The summed E-state index contributed by atoms with van der Waals surface area (Å²) in [5.74, 6) is 1.02. The number of para-hydroxylation sites is 1. The number of hydrogen-bond acceptors (Lipinski definition) is 3. The van der Waals surface area contributed by atoms with Gasteiger partial charge in [-0.25, -0.2) is 0 Å². The SMILES string of the molecule is Cc1cc(-c2cc(C)c(O)cc2C)c(C)cc1O.Cc1ccccc1O. The van der Waals surface area contributed by atoms with E-state index in [1.165, 1.54) is 0 Å². The first kappa shape index (κ1) is 19.4. The molecule has 0 fully saturated rings. The second-order valence-corrected chi connectivity index (χ2v) is 6.69. The van der Waals surface area contributed by atoms with Gasteiger partial charge in [0.2, 0.25) is 0 Å². The maximum atomic E-state index is 9.70. The molecule has 0 spiro atoms. The molecule has 26 heavy (non-hydrogen) atoms. The molecule has 0 heterocycles. The van der Waals surface area contributed by atoms with E-state index in [4.69, 9.17) is 5.11 Å². The topological polar surface area (TPSA) is 60.7 Å². The average molecular weight is 350 g/mol. The van der Waals surface area contributed by atoms with Crippen LogP contribution in [0, 0.1) is 34.6 Å². The van der Waals surface area contributed by atoms with Crippen molar-refractivity contribution in [3.63, 3.8) is 0 Å². The summed E-state index contributed by atoms with van der Waals surface area (Å²) in [5, 5.41) is 28.3. The fraction of sp³-hybridized carbons (Fsp3) is 0.217. The Kier molecular flexibility index (Phi) is 5.93. The van der Waals surface area contributed by atoms with Crippen molar-refractivity contribution >= 4 is 0 Å². The van der Waals surface area contributed by atoms with Gasteiger partial charge in [-0.2, -0.15) is 0 Å². The Balaban J connectivity index is 0.000000254. The van der Waals surface area contributed by atoms with Gasteiger partial charge < -0.3 is 15.3 Å². The first-order valence-electron chi connectivity index (χ1n) is 8.56. The van der Waals surface area contributed by atoms with E-state index in [0.29, 0.717) is 17.2 Å². The molecule has 0 saturated heterocycles. The van der Waals surface area contributed by atoms with E-state index in [2.05, 4.69) is 0 Å². The number of phenols is 3. The normalized spacial score (nSPS) is 10.2. The lowest BCUT2D eigenvalue weighted by atomic mass is 9.93. The first-order chi connectivity index (χ1) is 12.2. The van der Waals surface area contributed by atoms with Crippen LogP contribution in [-0.4, -0.2) is 15.3 Å². The Morgan fingerprint density at radius 1 is 0.462 bits per heavy atom. The van der Waals surface area contributed by atoms with E-state index in [1.54, 1.807) is 18.2 Å². The Labute approximate surface area is 155 Å². The molecule has 0 unspecified atom stereocenters. The average Bonchev–Trinajstić information content (AvgIpc) is 2.58. The van der Waals surface area contributed by atoms with Gasteiger partial charge >= 0.3 is 0 Å². The molecular weight excluding hydrogens is 324 g/mol. The highest BCUT2D eigenvalue weighted by Crippen LogP contribution is 2.34. The van der Waals surface area contributed by atoms with Crippen molar-refractivity contribution in [1.29, 1.82) is 0 Å². The molecular formula is C23H26O3. The Hall–Kier alpha value is -2.94. The van der Waals surface area contributed by atoms with Gasteiger partial charge in [0.1, 0.15) is 17.2 Å². The van der Waals surface area contributed by atoms with E-state index in [-0.39, 0.29) is 0 Å². The van der Waals surface area contributed by atoms with Gasteiger partial charge in [-0.05, 0) is 104 Å². The van der Waals surface area contributed by atoms with Crippen LogP contribution in [0.15, 0.2) is 48.5 Å². The minimum Gasteiger partial charge on any atom is -0.508 e. The van der Waals surface area contributed by atoms with Crippen molar-refractivity contribution in [2.45, 2.75) is 34.6 Å². The van der Waals surface area contributed by atoms with Crippen molar-refractivity contribution in [3.8, 4) is 28.4 Å². The smallest absolute Gasteiger partial charge is 0.118 e. The van der Waals surface area contributed by atoms with Gasteiger partial charge in [0.05, 0.1) is 0 Å². The highest BCUT2D eigenvalue weighted by Gasteiger charge is 2.10. The number of hydrogen-bond donors (Lipinski definition) is 3. The molecule has 0 aliphatic heterocycles. The van der Waals surface area contributed by atoms with Crippen LogP contribution in [0.4, 0.5) is 0 Å². The van der Waals surface area contributed by atoms with Crippen molar-refractivity contribution in [1.82, 2.24) is 0 Å². The highest BCUT2D eigenvalue weighted by atomic mass is 16.3. The molecule has 0 amide bonds. The van der Waals surface area contributed by atoms with Gasteiger partial charge in [-0.1, -0.05) is 18.2 Å². The van der Waals surface area contributed by atoms with Gasteiger partial charge in [0.15, 0.2) is 0 Å². The molecule has 3 nitrogen and oxygen atoms in total. The minimum atomic E-state index is 0.324. The maximum absolute atomic E-state index is 9.70. The molecule has 3 aromatic rings. The molecule has 0 saturated carbocycles. The van der Waals surface area contributed by atoms with Gasteiger partial charge in [0, 0.05) is 0 Å². The van der Waals surface area contributed by atoms with Crippen LogP contribution < -0.4 is 0 Å². The van der Waals surface area contributed by atoms with E-state index < -0.39 is 0 Å². The zero-order valence-corrected chi connectivity index (χ0v) is 16.0. The molecule has 0 atom stereocenters. The molecule has 3 rings (SSSR count). The zero-order valence-electron chi connectivity index (χ0n) is 16.0. The fourth-order valence-electron chi connectivity index (χ4n) is 2.75. The van der Waals surface area contributed by atoms with Gasteiger partial charge in [0.25, 0.3) is 0 Å². The Morgan fingerprint density at radius 3 is 1.23 bits per heavy atom.